The van der Waals surface area contributed by atoms with Crippen molar-refractivity contribution < 1.29 is 8.83 Å². The minimum atomic E-state index is 0.705. The van der Waals surface area contributed by atoms with Crippen molar-refractivity contribution in [2.45, 2.75) is 228 Å². The Bertz CT molecular complexity index is 5510. The fraction of sp³-hybridized carbons (Fsp3) is 0.393. The van der Waals surface area contributed by atoms with Crippen LogP contribution in [0.3, 0.4) is 0 Å². The maximum absolute atomic E-state index is 6.06. The van der Waals surface area contributed by atoms with Gasteiger partial charge < -0.3 is 8.83 Å². The largest absolute Gasteiger partial charge is 0.452 e. The first-order chi connectivity index (χ1) is 46.8. The number of aromatic nitrogens is 11. The number of thiazole rings is 1. The third-order valence-electron chi connectivity index (χ3n) is 22.0. The van der Waals surface area contributed by atoms with Gasteiger partial charge in [0.25, 0.3) is 0 Å². The highest BCUT2D eigenvalue weighted by molar-refractivity contribution is 7.26. The van der Waals surface area contributed by atoms with Crippen molar-refractivity contribution in [2.75, 3.05) is 0 Å². The smallest absolute Gasteiger partial charge is 0.230 e. The molecule has 10 heterocycles. The van der Waals surface area contributed by atoms with Crippen LogP contribution in [0.5, 0.6) is 0 Å². The Hall–Kier alpha value is -8.57. The lowest BCUT2D eigenvalue weighted by Crippen LogP contribution is -1.97. The topological polar surface area (TPSA) is 168 Å². The Labute approximate surface area is 602 Å². The molecule has 0 unspecified atom stereocenters. The summed E-state index contributed by atoms with van der Waals surface area (Å²) in [6, 6.07) is 0. The van der Waals surface area contributed by atoms with Gasteiger partial charge in [0.2, 0.25) is 5.71 Å². The molecule has 0 N–H and O–H groups in total. The molecule has 0 aliphatic carbocycles. The molecule has 15 rings (SSSR count). The van der Waals surface area contributed by atoms with Gasteiger partial charge in [-0.1, -0.05) is 0 Å². The highest BCUT2D eigenvalue weighted by atomic mass is 32.1. The summed E-state index contributed by atoms with van der Waals surface area (Å²) in [6.45, 7) is 69.7. The molecule has 10 aromatic heterocycles. The first-order valence-electron chi connectivity index (χ1n) is 34.5. The highest BCUT2D eigenvalue weighted by Gasteiger charge is 2.24. The van der Waals surface area contributed by atoms with Crippen LogP contribution in [0, 0.1) is 228 Å². The van der Waals surface area contributed by atoms with Crippen LogP contribution < -0.4 is 0 Å². The van der Waals surface area contributed by atoms with Crippen LogP contribution in [0.25, 0.3) is 95.0 Å². The summed E-state index contributed by atoms with van der Waals surface area (Å²) in [7, 11) is 0. The van der Waals surface area contributed by atoms with Gasteiger partial charge in [0.05, 0.1) is 70.4 Å². The minimum Gasteiger partial charge on any atom is -0.452 e. The molecule has 0 saturated carbocycles. The number of rotatable bonds is 0. The molecule has 16 heteroatoms. The van der Waals surface area contributed by atoms with Gasteiger partial charge in [-0.05, 0) is 351 Å². The standard InChI is InChI=1S/2C16H18N2O.2C16H18N2S.C12H15NS.C8H12N2/c1-7-8(2)10(4)15-13(9(7)3)14-16(19-15)11(5)17-12(6)18-14;1-7-8(2)10(4)15-13(9(7)3)14-11(5)17-12(6)18-16(14)19-15;1-7-8(2)10(4)15-13(9(7)3)14-16(19-15)11(5)17-12(6)18-14;1-7-8(2)10(4)15-13(9(7)3)14-11(5)17-12(6)18-16(14)19-15;1-6-7(2)9(4)12-11(8(6)3)13-10(5)14-12;1-5-6(2)8(4)10-9-7(5)3/h4*1-6H3;1-5H3;1-4H3. The van der Waals surface area contributed by atoms with E-state index in [1.165, 1.54) is 168 Å². The average Bonchev–Trinajstić information content (AvgIpc) is 1.58. The first kappa shape index (κ1) is 74.1. The molecule has 0 saturated heterocycles. The van der Waals surface area contributed by atoms with E-state index < -0.39 is 0 Å². The predicted molar refractivity (Wildman–Crippen MR) is 426 cm³/mol. The lowest BCUT2D eigenvalue weighted by atomic mass is 9.94. The number of fused-ring (bicyclic) bond motifs is 13. The summed E-state index contributed by atoms with van der Waals surface area (Å²) in [5.74, 6) is 3.27. The van der Waals surface area contributed by atoms with Gasteiger partial charge >= 0.3 is 0 Å². The number of nitrogens with zero attached hydrogens (tertiary/aromatic N) is 11. The monoisotopic (exact) mass is 1390 g/mol. The Kier molecular flexibility index (Phi) is 20.8. The number of benzene rings is 5. The van der Waals surface area contributed by atoms with Crippen LogP contribution in [0.1, 0.15) is 185 Å². The van der Waals surface area contributed by atoms with Crippen molar-refractivity contribution in [3.05, 3.63) is 185 Å². The van der Waals surface area contributed by atoms with Crippen LogP contribution in [-0.2, 0) is 0 Å². The maximum Gasteiger partial charge on any atom is 0.230 e. The van der Waals surface area contributed by atoms with Crippen LogP contribution in [0.15, 0.2) is 8.83 Å². The van der Waals surface area contributed by atoms with Crippen LogP contribution >= 0.6 is 34.0 Å². The Balaban J connectivity index is 0.000000131. The molecule has 0 aliphatic rings. The number of hydrogen-bond acceptors (Lipinski definition) is 16. The molecule has 0 fully saturated rings. The summed E-state index contributed by atoms with van der Waals surface area (Å²) in [5, 5.41) is 16.4. The van der Waals surface area contributed by atoms with E-state index in [0.717, 1.165) is 106 Å². The Morgan fingerprint density at radius 1 is 0.200 bits per heavy atom. The lowest BCUT2D eigenvalue weighted by molar-refractivity contribution is 0.646. The quantitative estimate of drug-likeness (QED) is 0.141. The molecule has 5 aromatic carbocycles. The molecule has 0 atom stereocenters. The molecular formula is C84H99N11O2S3. The summed E-state index contributed by atoms with van der Waals surface area (Å²) < 4.78 is 17.4. The molecule has 0 amide bonds. The molecule has 0 bridgehead atoms. The number of aryl methyl sites for hydroxylation is 21. The van der Waals surface area contributed by atoms with Crippen molar-refractivity contribution in [3.8, 4) is 0 Å². The van der Waals surface area contributed by atoms with Gasteiger partial charge in [0.1, 0.15) is 44.8 Å². The van der Waals surface area contributed by atoms with Crippen molar-refractivity contribution in [1.82, 2.24) is 55.1 Å². The Morgan fingerprint density at radius 2 is 0.590 bits per heavy atom. The van der Waals surface area contributed by atoms with E-state index in [1.54, 1.807) is 22.7 Å². The molecule has 0 spiro atoms. The molecule has 13 nitrogen and oxygen atoms in total. The number of thiophene rings is 2. The third kappa shape index (κ3) is 12.9. The van der Waals surface area contributed by atoms with Crippen molar-refractivity contribution in [2.24, 2.45) is 0 Å². The van der Waals surface area contributed by atoms with E-state index in [1.807, 2.05) is 66.7 Å². The van der Waals surface area contributed by atoms with Crippen molar-refractivity contribution >= 4 is 129 Å². The van der Waals surface area contributed by atoms with Crippen molar-refractivity contribution in [1.29, 1.82) is 0 Å². The summed E-state index contributed by atoms with van der Waals surface area (Å²) in [5.41, 5.74) is 42.2. The minimum absolute atomic E-state index is 0.705. The average molecular weight is 1390 g/mol. The first-order valence-corrected chi connectivity index (χ1v) is 36.9. The third-order valence-corrected chi connectivity index (χ3v) is 25.7. The zero-order chi connectivity index (χ0) is 73.8. The maximum atomic E-state index is 6.06. The number of hydrogen-bond donors (Lipinski definition) is 0. The summed E-state index contributed by atoms with van der Waals surface area (Å²) >= 11 is 5.44. The molecule has 520 valence electrons. The van der Waals surface area contributed by atoms with E-state index in [9.17, 15) is 0 Å². The second-order valence-corrected chi connectivity index (χ2v) is 31.1. The van der Waals surface area contributed by atoms with Gasteiger partial charge in [-0.2, -0.15) is 15.2 Å². The van der Waals surface area contributed by atoms with E-state index >= 15 is 0 Å². The molecular weight excluding hydrogens is 1290 g/mol. The van der Waals surface area contributed by atoms with E-state index in [-0.39, 0.29) is 0 Å². The second-order valence-electron chi connectivity index (χ2n) is 27.9. The van der Waals surface area contributed by atoms with Crippen LogP contribution in [0.2, 0.25) is 0 Å². The summed E-state index contributed by atoms with van der Waals surface area (Å²) in [4.78, 5) is 42.0. The molecule has 0 aliphatic heterocycles. The van der Waals surface area contributed by atoms with Crippen molar-refractivity contribution in [3.63, 3.8) is 0 Å². The van der Waals surface area contributed by atoms with Gasteiger partial charge in [-0.25, -0.2) is 39.9 Å². The van der Waals surface area contributed by atoms with Gasteiger partial charge in [0, 0.05) is 30.9 Å². The van der Waals surface area contributed by atoms with E-state index in [0.29, 0.717) is 5.71 Å². The van der Waals surface area contributed by atoms with E-state index in [2.05, 4.69) is 223 Å². The van der Waals surface area contributed by atoms with Gasteiger partial charge in [0.15, 0.2) is 5.58 Å². The lowest BCUT2D eigenvalue weighted by Gasteiger charge is -2.11. The van der Waals surface area contributed by atoms with Crippen LogP contribution in [0.4, 0.5) is 0 Å². The van der Waals surface area contributed by atoms with E-state index in [4.69, 9.17) is 13.8 Å². The highest BCUT2D eigenvalue weighted by Crippen LogP contribution is 2.44. The second kappa shape index (κ2) is 28.1. The zero-order valence-electron chi connectivity index (χ0n) is 65.5. The fourth-order valence-corrected chi connectivity index (χ4v) is 17.7. The number of furan rings is 2. The SMILES string of the molecule is Cc1nc(C)c2c(n1)oc1c(C)c(C)c(C)c(C)c12.Cc1nc(C)c2c(n1)sc1c(C)c(C)c(C)c(C)c12.Cc1nc(C)c2oc3c(C)c(C)c(C)c(C)c3c2n1.Cc1nc(C)c2sc3c(C)c(C)c(C)c(C)c3c2n1.Cc1nc2c(C)c(C)c(C)c(C)c2s1.Cc1nnc(C)c(C)c1C. The van der Waals surface area contributed by atoms with Gasteiger partial charge in [-0.3, -0.25) is 0 Å². The normalized spacial score (nSPS) is 11.4. The fourth-order valence-electron chi connectivity index (χ4n) is 14.0. The van der Waals surface area contributed by atoms with Gasteiger partial charge in [-0.15, -0.1) is 34.0 Å². The molecule has 15 aromatic rings. The molecule has 0 radical (unpaired) electrons. The predicted octanol–water partition coefficient (Wildman–Crippen LogP) is 23.4. The Morgan fingerprint density at radius 3 is 1.13 bits per heavy atom. The summed E-state index contributed by atoms with van der Waals surface area (Å²) in [6.07, 6.45) is 0. The zero-order valence-corrected chi connectivity index (χ0v) is 67.9. The molecule has 100 heavy (non-hydrogen) atoms. The van der Waals surface area contributed by atoms with Crippen LogP contribution in [-0.4, -0.2) is 55.1 Å².